The molecule has 2 aliphatic heterocycles. The Morgan fingerprint density at radius 1 is 1.47 bits per heavy atom. The van der Waals surface area contributed by atoms with E-state index in [1.54, 1.807) is 0 Å². The molecule has 0 aliphatic carbocycles. The number of piperidine rings is 1. The molecule has 0 bridgehead atoms. The third-order valence-corrected chi connectivity index (χ3v) is 3.38. The molecule has 2 aliphatic rings. The first-order chi connectivity index (χ1) is 7.29. The molecule has 0 aromatic rings. The molecule has 1 amide bonds. The SMILES string of the molecule is CCN1CC(NC(=O)C2CCCCN2)C1. The summed E-state index contributed by atoms with van der Waals surface area (Å²) in [6.07, 6.45) is 3.38. The van der Waals surface area contributed by atoms with E-state index in [2.05, 4.69) is 22.5 Å². The van der Waals surface area contributed by atoms with Crippen LogP contribution in [0.15, 0.2) is 0 Å². The molecule has 4 heteroatoms. The molecule has 2 saturated heterocycles. The number of rotatable bonds is 3. The Kier molecular flexibility index (Phi) is 3.59. The summed E-state index contributed by atoms with van der Waals surface area (Å²) < 4.78 is 0. The Labute approximate surface area is 91.4 Å². The molecule has 0 aromatic heterocycles. The van der Waals surface area contributed by atoms with Crippen molar-refractivity contribution in [3.63, 3.8) is 0 Å². The maximum absolute atomic E-state index is 11.8. The van der Waals surface area contributed by atoms with Gasteiger partial charge < -0.3 is 10.6 Å². The molecule has 1 unspecified atom stereocenters. The Balaban J connectivity index is 1.68. The van der Waals surface area contributed by atoms with E-state index in [-0.39, 0.29) is 11.9 Å². The van der Waals surface area contributed by atoms with Gasteiger partial charge in [0.25, 0.3) is 0 Å². The topological polar surface area (TPSA) is 44.4 Å². The van der Waals surface area contributed by atoms with E-state index in [0.717, 1.165) is 32.6 Å². The number of amides is 1. The lowest BCUT2D eigenvalue weighted by atomic mass is 10.0. The number of likely N-dealkylation sites (tertiary alicyclic amines) is 1. The van der Waals surface area contributed by atoms with Crippen LogP contribution in [0.3, 0.4) is 0 Å². The van der Waals surface area contributed by atoms with Gasteiger partial charge in [0.2, 0.25) is 5.91 Å². The van der Waals surface area contributed by atoms with Crippen LogP contribution in [0.5, 0.6) is 0 Å². The van der Waals surface area contributed by atoms with E-state index in [4.69, 9.17) is 0 Å². The maximum atomic E-state index is 11.8. The van der Waals surface area contributed by atoms with Crippen LogP contribution in [0.4, 0.5) is 0 Å². The minimum absolute atomic E-state index is 0.0643. The fourth-order valence-electron chi connectivity index (χ4n) is 2.30. The van der Waals surface area contributed by atoms with Crippen molar-refractivity contribution in [3.05, 3.63) is 0 Å². The van der Waals surface area contributed by atoms with Crippen molar-refractivity contribution in [2.24, 2.45) is 0 Å². The number of nitrogens with zero attached hydrogens (tertiary/aromatic N) is 1. The normalized spacial score (nSPS) is 28.5. The van der Waals surface area contributed by atoms with E-state index in [9.17, 15) is 4.79 Å². The summed E-state index contributed by atoms with van der Waals surface area (Å²) in [5, 5.41) is 6.38. The van der Waals surface area contributed by atoms with Gasteiger partial charge in [-0.25, -0.2) is 0 Å². The fraction of sp³-hybridized carbons (Fsp3) is 0.909. The zero-order valence-corrected chi connectivity index (χ0v) is 9.46. The lowest BCUT2D eigenvalue weighted by Crippen LogP contribution is -2.61. The second-order valence-electron chi connectivity index (χ2n) is 4.56. The Bertz CT molecular complexity index is 220. The van der Waals surface area contributed by atoms with Crippen LogP contribution in [0.2, 0.25) is 0 Å². The smallest absolute Gasteiger partial charge is 0.237 e. The molecule has 4 nitrogen and oxygen atoms in total. The van der Waals surface area contributed by atoms with Gasteiger partial charge in [0.1, 0.15) is 0 Å². The predicted molar refractivity (Wildman–Crippen MR) is 59.7 cm³/mol. The van der Waals surface area contributed by atoms with Gasteiger partial charge in [-0.05, 0) is 25.9 Å². The van der Waals surface area contributed by atoms with Crippen molar-refractivity contribution in [2.45, 2.75) is 38.3 Å². The van der Waals surface area contributed by atoms with Crippen LogP contribution in [0.25, 0.3) is 0 Å². The molecule has 2 rings (SSSR count). The van der Waals surface area contributed by atoms with Gasteiger partial charge in [-0.15, -0.1) is 0 Å². The average molecular weight is 211 g/mol. The monoisotopic (exact) mass is 211 g/mol. The van der Waals surface area contributed by atoms with Crippen molar-refractivity contribution in [3.8, 4) is 0 Å². The second-order valence-corrected chi connectivity index (χ2v) is 4.56. The third kappa shape index (κ3) is 2.69. The minimum Gasteiger partial charge on any atom is -0.349 e. The van der Waals surface area contributed by atoms with Gasteiger partial charge in [-0.3, -0.25) is 9.69 Å². The highest BCUT2D eigenvalue weighted by atomic mass is 16.2. The zero-order valence-electron chi connectivity index (χ0n) is 9.46. The standard InChI is InChI=1S/C11H21N3O/c1-2-14-7-9(8-14)13-11(15)10-5-3-4-6-12-10/h9-10,12H,2-8H2,1H3,(H,13,15). The lowest BCUT2D eigenvalue weighted by molar-refractivity contribution is -0.125. The molecule has 15 heavy (non-hydrogen) atoms. The van der Waals surface area contributed by atoms with Gasteiger partial charge in [0.15, 0.2) is 0 Å². The van der Waals surface area contributed by atoms with Gasteiger partial charge in [0.05, 0.1) is 12.1 Å². The summed E-state index contributed by atoms with van der Waals surface area (Å²) in [6, 6.07) is 0.454. The van der Waals surface area contributed by atoms with E-state index in [1.165, 1.54) is 12.8 Å². The van der Waals surface area contributed by atoms with Gasteiger partial charge in [0, 0.05) is 13.1 Å². The first-order valence-corrected chi connectivity index (χ1v) is 6.05. The summed E-state index contributed by atoms with van der Waals surface area (Å²) in [5.41, 5.74) is 0. The van der Waals surface area contributed by atoms with Gasteiger partial charge in [-0.2, -0.15) is 0 Å². The molecule has 2 N–H and O–H groups in total. The Morgan fingerprint density at radius 3 is 2.87 bits per heavy atom. The molecule has 0 spiro atoms. The molecule has 86 valence electrons. The number of hydrogen-bond donors (Lipinski definition) is 2. The quantitative estimate of drug-likeness (QED) is 0.688. The highest BCUT2D eigenvalue weighted by Gasteiger charge is 2.29. The number of carbonyl (C=O) groups excluding carboxylic acids is 1. The Hall–Kier alpha value is -0.610. The fourth-order valence-corrected chi connectivity index (χ4v) is 2.30. The number of nitrogens with one attached hydrogen (secondary N) is 2. The van der Waals surface area contributed by atoms with Crippen molar-refractivity contribution >= 4 is 5.91 Å². The molecular formula is C11H21N3O. The third-order valence-electron chi connectivity index (χ3n) is 3.38. The largest absolute Gasteiger partial charge is 0.349 e. The summed E-state index contributed by atoms with van der Waals surface area (Å²) in [6.45, 7) is 6.28. The molecular weight excluding hydrogens is 190 g/mol. The van der Waals surface area contributed by atoms with Crippen LogP contribution >= 0.6 is 0 Å². The van der Waals surface area contributed by atoms with Gasteiger partial charge in [-0.1, -0.05) is 13.3 Å². The van der Waals surface area contributed by atoms with Crippen LogP contribution in [-0.2, 0) is 4.79 Å². The average Bonchev–Trinajstić information content (AvgIpc) is 2.23. The Morgan fingerprint density at radius 2 is 2.27 bits per heavy atom. The van der Waals surface area contributed by atoms with Crippen LogP contribution < -0.4 is 10.6 Å². The molecule has 0 saturated carbocycles. The summed E-state index contributed by atoms with van der Waals surface area (Å²) >= 11 is 0. The van der Waals surface area contributed by atoms with Crippen molar-refractivity contribution in [1.29, 1.82) is 0 Å². The van der Waals surface area contributed by atoms with Crippen LogP contribution in [0, 0.1) is 0 Å². The summed E-state index contributed by atoms with van der Waals surface area (Å²) in [7, 11) is 0. The van der Waals surface area contributed by atoms with E-state index in [1.807, 2.05) is 0 Å². The first-order valence-electron chi connectivity index (χ1n) is 6.05. The zero-order chi connectivity index (χ0) is 10.7. The minimum atomic E-state index is 0.0643. The highest BCUT2D eigenvalue weighted by molar-refractivity contribution is 5.82. The van der Waals surface area contributed by atoms with Gasteiger partial charge >= 0.3 is 0 Å². The summed E-state index contributed by atoms with van der Waals surface area (Å²) in [5.74, 6) is 0.204. The predicted octanol–water partition coefficient (Wildman–Crippen LogP) is -0.0512. The number of likely N-dealkylation sites (N-methyl/N-ethyl adjacent to an activating group) is 1. The van der Waals surface area contributed by atoms with E-state index in [0.29, 0.717) is 6.04 Å². The first kappa shape index (κ1) is 10.9. The lowest BCUT2D eigenvalue weighted by Gasteiger charge is -2.39. The maximum Gasteiger partial charge on any atom is 0.237 e. The molecule has 1 atom stereocenters. The van der Waals surface area contributed by atoms with Crippen LogP contribution in [0.1, 0.15) is 26.2 Å². The molecule has 2 heterocycles. The van der Waals surface area contributed by atoms with Crippen molar-refractivity contribution in [1.82, 2.24) is 15.5 Å². The highest BCUT2D eigenvalue weighted by Crippen LogP contribution is 2.10. The van der Waals surface area contributed by atoms with Crippen molar-refractivity contribution < 1.29 is 4.79 Å². The summed E-state index contributed by atoms with van der Waals surface area (Å²) in [4.78, 5) is 14.1. The number of hydrogen-bond acceptors (Lipinski definition) is 3. The van der Waals surface area contributed by atoms with Crippen LogP contribution in [-0.4, -0.2) is 49.1 Å². The van der Waals surface area contributed by atoms with Crippen molar-refractivity contribution in [2.75, 3.05) is 26.2 Å². The number of carbonyl (C=O) groups is 1. The van der Waals surface area contributed by atoms with E-state index >= 15 is 0 Å². The molecule has 2 fully saturated rings. The second kappa shape index (κ2) is 4.94. The molecule has 0 aromatic carbocycles. The van der Waals surface area contributed by atoms with E-state index < -0.39 is 0 Å². The molecule has 0 radical (unpaired) electrons.